The van der Waals surface area contributed by atoms with Gasteiger partial charge in [-0.1, -0.05) is 43.6 Å². The van der Waals surface area contributed by atoms with Crippen LogP contribution in [0.4, 0.5) is 0 Å². The molecule has 4 heteroatoms. The molecule has 0 saturated heterocycles. The molecule has 1 aromatic heterocycles. The quantitative estimate of drug-likeness (QED) is 0.818. The highest BCUT2D eigenvalue weighted by atomic mass is 35.5. The highest BCUT2D eigenvalue weighted by Crippen LogP contribution is 2.35. The fourth-order valence-corrected chi connectivity index (χ4v) is 3.23. The Morgan fingerprint density at radius 1 is 1.39 bits per heavy atom. The first-order valence-corrected chi connectivity index (χ1v) is 6.94. The van der Waals surface area contributed by atoms with Gasteiger partial charge in [-0.3, -0.25) is 0 Å². The largest absolute Gasteiger partial charge is 0.240 e. The van der Waals surface area contributed by atoms with Crippen molar-refractivity contribution in [3.63, 3.8) is 0 Å². The highest BCUT2D eigenvalue weighted by molar-refractivity contribution is 7.15. The summed E-state index contributed by atoms with van der Waals surface area (Å²) in [4.78, 5) is 5.69. The summed E-state index contributed by atoms with van der Waals surface area (Å²) in [6.45, 7) is 4.18. The Labute approximate surface area is 116 Å². The Balaban J connectivity index is 2.51. The lowest BCUT2D eigenvalue weighted by Gasteiger charge is -2.01. The summed E-state index contributed by atoms with van der Waals surface area (Å²) in [6, 6.07) is 9.86. The van der Waals surface area contributed by atoms with E-state index in [2.05, 4.69) is 24.9 Å². The Morgan fingerprint density at radius 3 is 2.72 bits per heavy atom. The minimum absolute atomic E-state index is 0.320. The van der Waals surface area contributed by atoms with Crippen LogP contribution in [0.5, 0.6) is 0 Å². The second-order valence-corrected chi connectivity index (χ2v) is 5.79. The topological polar surface area (TPSA) is 36.7 Å². The summed E-state index contributed by atoms with van der Waals surface area (Å²) in [6.07, 6.45) is 0.412. The van der Waals surface area contributed by atoms with E-state index in [1.54, 1.807) is 11.3 Å². The van der Waals surface area contributed by atoms with E-state index in [0.717, 1.165) is 21.1 Å². The number of benzene rings is 1. The average molecular weight is 277 g/mol. The van der Waals surface area contributed by atoms with Crippen molar-refractivity contribution in [3.8, 4) is 16.6 Å². The van der Waals surface area contributed by atoms with E-state index in [-0.39, 0.29) is 0 Å². The van der Waals surface area contributed by atoms with Gasteiger partial charge in [0.15, 0.2) is 0 Å². The maximum atomic E-state index is 8.86. The number of aromatic nitrogens is 1. The third kappa shape index (κ3) is 2.55. The van der Waals surface area contributed by atoms with Crippen molar-refractivity contribution < 1.29 is 0 Å². The Hall–Kier alpha value is -1.37. The third-order valence-corrected chi connectivity index (χ3v) is 4.05. The predicted octanol–water partition coefficient (Wildman–Crippen LogP) is 4.65. The molecule has 0 bridgehead atoms. The van der Waals surface area contributed by atoms with Crippen LogP contribution in [0.3, 0.4) is 0 Å². The van der Waals surface area contributed by atoms with E-state index in [4.69, 9.17) is 16.9 Å². The summed E-state index contributed by atoms with van der Waals surface area (Å²) < 4.78 is 0. The van der Waals surface area contributed by atoms with Gasteiger partial charge in [0.05, 0.1) is 23.2 Å². The third-order valence-electron chi connectivity index (χ3n) is 2.62. The molecule has 0 amide bonds. The van der Waals surface area contributed by atoms with Crippen molar-refractivity contribution in [2.24, 2.45) is 0 Å². The minimum Gasteiger partial charge on any atom is -0.240 e. The molecular weight excluding hydrogens is 264 g/mol. The van der Waals surface area contributed by atoms with E-state index in [1.165, 1.54) is 0 Å². The van der Waals surface area contributed by atoms with Crippen molar-refractivity contribution in [1.82, 2.24) is 4.98 Å². The molecule has 1 aromatic carbocycles. The smallest absolute Gasteiger partial charge is 0.125 e. The SMILES string of the molecule is CC(C)c1nc(-c2ccccc2Cl)sc1CC#N. The van der Waals surface area contributed by atoms with Crippen LogP contribution in [0.1, 0.15) is 30.3 Å². The van der Waals surface area contributed by atoms with Crippen LogP contribution in [0, 0.1) is 11.3 Å². The number of nitriles is 1. The molecule has 0 spiro atoms. The molecule has 0 fully saturated rings. The molecule has 0 N–H and O–H groups in total. The van der Waals surface area contributed by atoms with Gasteiger partial charge in [0.1, 0.15) is 5.01 Å². The summed E-state index contributed by atoms with van der Waals surface area (Å²) in [7, 11) is 0. The van der Waals surface area contributed by atoms with Crippen LogP contribution in [0.25, 0.3) is 10.6 Å². The number of thiazole rings is 1. The van der Waals surface area contributed by atoms with Gasteiger partial charge in [0.25, 0.3) is 0 Å². The Morgan fingerprint density at radius 2 is 2.11 bits per heavy atom. The molecule has 2 aromatic rings. The Bertz CT molecular complexity index is 596. The van der Waals surface area contributed by atoms with Gasteiger partial charge >= 0.3 is 0 Å². The fourth-order valence-electron chi connectivity index (χ4n) is 1.76. The number of rotatable bonds is 3. The molecule has 1 heterocycles. The van der Waals surface area contributed by atoms with Crippen molar-refractivity contribution in [1.29, 1.82) is 5.26 Å². The number of halogens is 1. The average Bonchev–Trinajstić information content (AvgIpc) is 2.74. The molecule has 0 saturated carbocycles. The van der Waals surface area contributed by atoms with Gasteiger partial charge in [0, 0.05) is 10.4 Å². The summed E-state index contributed by atoms with van der Waals surface area (Å²) in [5.41, 5.74) is 1.95. The van der Waals surface area contributed by atoms with Crippen LogP contribution in [0.2, 0.25) is 5.02 Å². The number of hydrogen-bond donors (Lipinski definition) is 0. The first-order valence-electron chi connectivity index (χ1n) is 5.75. The molecule has 2 rings (SSSR count). The van der Waals surface area contributed by atoms with Crippen LogP contribution in [-0.4, -0.2) is 4.98 Å². The molecule has 0 aliphatic rings. The van der Waals surface area contributed by atoms with Gasteiger partial charge in [-0.05, 0) is 12.0 Å². The molecule has 0 aliphatic carbocycles. The van der Waals surface area contributed by atoms with Crippen LogP contribution >= 0.6 is 22.9 Å². The van der Waals surface area contributed by atoms with Crippen molar-refractivity contribution in [2.45, 2.75) is 26.2 Å². The molecule has 0 radical (unpaired) electrons. The predicted molar refractivity (Wildman–Crippen MR) is 76.0 cm³/mol. The van der Waals surface area contributed by atoms with Crippen LogP contribution in [-0.2, 0) is 6.42 Å². The summed E-state index contributed by atoms with van der Waals surface area (Å²) in [5.74, 6) is 0.320. The molecule has 0 aliphatic heterocycles. The first-order chi connectivity index (χ1) is 8.63. The molecule has 0 unspecified atom stereocenters. The fraction of sp³-hybridized carbons (Fsp3) is 0.286. The Kier molecular flexibility index (Phi) is 4.00. The maximum Gasteiger partial charge on any atom is 0.125 e. The van der Waals surface area contributed by atoms with E-state index in [0.29, 0.717) is 17.4 Å². The molecule has 92 valence electrons. The second-order valence-electron chi connectivity index (χ2n) is 4.30. The van der Waals surface area contributed by atoms with E-state index in [9.17, 15) is 0 Å². The second kappa shape index (κ2) is 5.51. The lowest BCUT2D eigenvalue weighted by atomic mass is 10.1. The van der Waals surface area contributed by atoms with Gasteiger partial charge in [0.2, 0.25) is 0 Å². The molecular formula is C14H13ClN2S. The molecule has 0 atom stereocenters. The summed E-state index contributed by atoms with van der Waals surface area (Å²) in [5, 5.41) is 10.5. The highest BCUT2D eigenvalue weighted by Gasteiger charge is 2.16. The lowest BCUT2D eigenvalue weighted by Crippen LogP contribution is -1.92. The lowest BCUT2D eigenvalue weighted by molar-refractivity contribution is 0.822. The first kappa shape index (κ1) is 13.1. The molecule has 18 heavy (non-hydrogen) atoms. The van der Waals surface area contributed by atoms with Crippen LogP contribution < -0.4 is 0 Å². The summed E-state index contributed by atoms with van der Waals surface area (Å²) >= 11 is 7.74. The van der Waals surface area contributed by atoms with Crippen LogP contribution in [0.15, 0.2) is 24.3 Å². The zero-order valence-electron chi connectivity index (χ0n) is 10.3. The monoisotopic (exact) mass is 276 g/mol. The van der Waals surface area contributed by atoms with Gasteiger partial charge in [-0.15, -0.1) is 11.3 Å². The van der Waals surface area contributed by atoms with Crippen molar-refractivity contribution >= 4 is 22.9 Å². The van der Waals surface area contributed by atoms with Crippen molar-refractivity contribution in [2.75, 3.05) is 0 Å². The molecule has 2 nitrogen and oxygen atoms in total. The van der Waals surface area contributed by atoms with Crippen molar-refractivity contribution in [3.05, 3.63) is 39.9 Å². The standard InChI is InChI=1S/C14H13ClN2S/c1-9(2)13-12(7-8-16)18-14(17-13)10-5-3-4-6-11(10)15/h3-6,9H,7H2,1-2H3. The van der Waals surface area contributed by atoms with E-state index >= 15 is 0 Å². The number of hydrogen-bond acceptors (Lipinski definition) is 3. The maximum absolute atomic E-state index is 8.86. The number of nitrogens with zero attached hydrogens (tertiary/aromatic N) is 2. The van der Waals surface area contributed by atoms with Gasteiger partial charge in [-0.25, -0.2) is 4.98 Å². The zero-order chi connectivity index (χ0) is 13.1. The minimum atomic E-state index is 0.320. The van der Waals surface area contributed by atoms with Gasteiger partial charge < -0.3 is 0 Å². The van der Waals surface area contributed by atoms with Gasteiger partial charge in [-0.2, -0.15) is 5.26 Å². The van der Waals surface area contributed by atoms with E-state index in [1.807, 2.05) is 24.3 Å². The van der Waals surface area contributed by atoms with E-state index < -0.39 is 0 Å². The zero-order valence-corrected chi connectivity index (χ0v) is 11.8. The normalized spacial score (nSPS) is 10.6.